The fourth-order valence-electron chi connectivity index (χ4n) is 3.02. The second kappa shape index (κ2) is 10.2. The predicted octanol–water partition coefficient (Wildman–Crippen LogP) is 4.05. The van der Waals surface area contributed by atoms with E-state index in [4.69, 9.17) is 9.47 Å². The van der Waals surface area contributed by atoms with Crippen LogP contribution in [0.4, 0.5) is 0 Å². The Kier molecular flexibility index (Phi) is 7.37. The van der Waals surface area contributed by atoms with Crippen LogP contribution in [0.15, 0.2) is 60.7 Å². The number of rotatable bonds is 8. The SMILES string of the molecule is CCCCOC(=O)C1CSC(c2ccccc2)N1C(=O)COc1ccccc1. The van der Waals surface area contributed by atoms with Crippen LogP contribution in [0.3, 0.4) is 0 Å². The Hall–Kier alpha value is -2.47. The van der Waals surface area contributed by atoms with Crippen LogP contribution in [0.25, 0.3) is 0 Å². The van der Waals surface area contributed by atoms with Gasteiger partial charge in [-0.1, -0.05) is 61.9 Å². The summed E-state index contributed by atoms with van der Waals surface area (Å²) < 4.78 is 11.0. The van der Waals surface area contributed by atoms with Gasteiger partial charge in [0.15, 0.2) is 6.61 Å². The van der Waals surface area contributed by atoms with Crippen LogP contribution in [0, 0.1) is 0 Å². The number of hydrogen-bond donors (Lipinski definition) is 0. The minimum atomic E-state index is -0.598. The monoisotopic (exact) mass is 399 g/mol. The predicted molar refractivity (Wildman–Crippen MR) is 110 cm³/mol. The second-order valence-corrected chi connectivity index (χ2v) is 7.65. The number of benzene rings is 2. The largest absolute Gasteiger partial charge is 0.484 e. The smallest absolute Gasteiger partial charge is 0.329 e. The van der Waals surface area contributed by atoms with E-state index in [0.717, 1.165) is 18.4 Å². The number of para-hydroxylation sites is 1. The summed E-state index contributed by atoms with van der Waals surface area (Å²) in [6, 6.07) is 18.4. The van der Waals surface area contributed by atoms with Gasteiger partial charge in [0.25, 0.3) is 5.91 Å². The Morgan fingerprint density at radius 3 is 2.43 bits per heavy atom. The number of thioether (sulfide) groups is 1. The van der Waals surface area contributed by atoms with Gasteiger partial charge in [0.1, 0.15) is 17.2 Å². The van der Waals surface area contributed by atoms with Crippen LogP contribution >= 0.6 is 11.8 Å². The van der Waals surface area contributed by atoms with Crippen LogP contribution in [-0.4, -0.2) is 41.8 Å². The van der Waals surface area contributed by atoms with Gasteiger partial charge in [-0.25, -0.2) is 4.79 Å². The zero-order valence-electron chi connectivity index (χ0n) is 16.0. The van der Waals surface area contributed by atoms with Gasteiger partial charge in [-0.3, -0.25) is 4.79 Å². The third-order valence-corrected chi connectivity index (χ3v) is 5.82. The van der Waals surface area contributed by atoms with E-state index in [1.54, 1.807) is 28.8 Å². The van der Waals surface area contributed by atoms with Crippen LogP contribution in [0.1, 0.15) is 30.7 Å². The highest BCUT2D eigenvalue weighted by Crippen LogP contribution is 2.41. The third kappa shape index (κ3) is 5.07. The van der Waals surface area contributed by atoms with Gasteiger partial charge in [0.2, 0.25) is 0 Å². The topological polar surface area (TPSA) is 55.8 Å². The molecule has 0 spiro atoms. The number of carbonyl (C=O) groups excluding carboxylic acids is 2. The Labute approximate surface area is 170 Å². The first-order chi connectivity index (χ1) is 13.7. The fraction of sp³-hybridized carbons (Fsp3) is 0.364. The summed E-state index contributed by atoms with van der Waals surface area (Å²) in [4.78, 5) is 27.3. The molecule has 1 aliphatic rings. The van der Waals surface area contributed by atoms with E-state index in [0.29, 0.717) is 18.1 Å². The molecule has 0 N–H and O–H groups in total. The fourth-order valence-corrected chi connectivity index (χ4v) is 4.45. The molecule has 1 aliphatic heterocycles. The van der Waals surface area contributed by atoms with Gasteiger partial charge in [-0.15, -0.1) is 11.8 Å². The van der Waals surface area contributed by atoms with Crippen molar-refractivity contribution in [3.63, 3.8) is 0 Å². The summed E-state index contributed by atoms with van der Waals surface area (Å²) in [5, 5.41) is -0.225. The lowest BCUT2D eigenvalue weighted by molar-refractivity contribution is -0.154. The Bertz CT molecular complexity index is 769. The first kappa shape index (κ1) is 20.3. The molecule has 0 aliphatic carbocycles. The Balaban J connectivity index is 1.74. The number of unbranched alkanes of at least 4 members (excludes halogenated alkanes) is 1. The average molecular weight is 400 g/mol. The van der Waals surface area contributed by atoms with E-state index in [1.807, 2.05) is 55.5 Å². The third-order valence-electron chi connectivity index (χ3n) is 4.49. The lowest BCUT2D eigenvalue weighted by Crippen LogP contribution is -2.45. The molecule has 1 amide bonds. The maximum atomic E-state index is 13.0. The van der Waals surface area contributed by atoms with Crippen molar-refractivity contribution in [2.24, 2.45) is 0 Å². The number of nitrogens with zero attached hydrogens (tertiary/aromatic N) is 1. The maximum absolute atomic E-state index is 13.0. The normalized spacial score (nSPS) is 18.7. The molecule has 0 radical (unpaired) electrons. The highest BCUT2D eigenvalue weighted by molar-refractivity contribution is 7.99. The maximum Gasteiger partial charge on any atom is 0.329 e. The summed E-state index contributed by atoms with van der Waals surface area (Å²) in [6.07, 6.45) is 1.77. The zero-order chi connectivity index (χ0) is 19.8. The number of ether oxygens (including phenoxy) is 2. The molecule has 0 saturated carbocycles. The number of carbonyl (C=O) groups is 2. The highest BCUT2D eigenvalue weighted by Gasteiger charge is 2.43. The zero-order valence-corrected chi connectivity index (χ0v) is 16.8. The lowest BCUT2D eigenvalue weighted by atomic mass is 10.1. The van der Waals surface area contributed by atoms with Crippen molar-refractivity contribution in [3.05, 3.63) is 66.2 Å². The first-order valence-corrected chi connectivity index (χ1v) is 10.6. The van der Waals surface area contributed by atoms with Gasteiger partial charge in [0, 0.05) is 5.75 Å². The molecule has 5 nitrogen and oxygen atoms in total. The minimum absolute atomic E-state index is 0.118. The molecule has 2 unspecified atom stereocenters. The molecule has 6 heteroatoms. The van der Waals surface area contributed by atoms with Gasteiger partial charge in [-0.05, 0) is 24.1 Å². The Morgan fingerprint density at radius 2 is 1.75 bits per heavy atom. The number of esters is 1. The molecule has 2 aromatic carbocycles. The van der Waals surface area contributed by atoms with Crippen LogP contribution in [0.2, 0.25) is 0 Å². The molecule has 148 valence electrons. The van der Waals surface area contributed by atoms with Crippen molar-refractivity contribution in [1.29, 1.82) is 0 Å². The van der Waals surface area contributed by atoms with Gasteiger partial charge in [0.05, 0.1) is 6.61 Å². The number of amides is 1. The van der Waals surface area contributed by atoms with Gasteiger partial charge >= 0.3 is 5.97 Å². The van der Waals surface area contributed by atoms with Crippen LogP contribution in [-0.2, 0) is 14.3 Å². The average Bonchev–Trinajstić information content (AvgIpc) is 3.19. The van der Waals surface area contributed by atoms with E-state index in [2.05, 4.69) is 0 Å². The quantitative estimate of drug-likeness (QED) is 0.495. The molecular weight excluding hydrogens is 374 g/mol. The highest BCUT2D eigenvalue weighted by atomic mass is 32.2. The summed E-state index contributed by atoms with van der Waals surface area (Å²) in [7, 11) is 0. The van der Waals surface area contributed by atoms with Crippen LogP contribution < -0.4 is 4.74 Å². The van der Waals surface area contributed by atoms with Crippen molar-refractivity contribution < 1.29 is 19.1 Å². The van der Waals surface area contributed by atoms with Gasteiger partial charge < -0.3 is 14.4 Å². The molecule has 28 heavy (non-hydrogen) atoms. The first-order valence-electron chi connectivity index (χ1n) is 9.53. The molecule has 1 saturated heterocycles. The van der Waals surface area contributed by atoms with Crippen molar-refractivity contribution in [2.75, 3.05) is 19.0 Å². The van der Waals surface area contributed by atoms with E-state index in [1.165, 1.54) is 0 Å². The molecule has 1 heterocycles. The van der Waals surface area contributed by atoms with Crippen molar-refractivity contribution in [2.45, 2.75) is 31.2 Å². The summed E-state index contributed by atoms with van der Waals surface area (Å²) in [6.45, 7) is 2.31. The van der Waals surface area contributed by atoms with Crippen molar-refractivity contribution >= 4 is 23.6 Å². The summed E-state index contributed by atoms with van der Waals surface area (Å²) >= 11 is 1.58. The van der Waals surface area contributed by atoms with Crippen molar-refractivity contribution in [1.82, 2.24) is 4.90 Å². The van der Waals surface area contributed by atoms with Crippen molar-refractivity contribution in [3.8, 4) is 5.75 Å². The molecule has 3 rings (SSSR count). The summed E-state index contributed by atoms with van der Waals surface area (Å²) in [5.74, 6) is 0.579. The van der Waals surface area contributed by atoms with Gasteiger partial charge in [-0.2, -0.15) is 0 Å². The van der Waals surface area contributed by atoms with E-state index in [9.17, 15) is 9.59 Å². The Morgan fingerprint density at radius 1 is 1.07 bits per heavy atom. The second-order valence-electron chi connectivity index (χ2n) is 6.54. The molecule has 2 atom stereocenters. The minimum Gasteiger partial charge on any atom is -0.484 e. The molecule has 2 aromatic rings. The standard InChI is InChI=1S/C22H25NO4S/c1-2-3-14-26-22(25)19-16-28-21(17-10-6-4-7-11-17)23(19)20(24)15-27-18-12-8-5-9-13-18/h4-13,19,21H,2-3,14-16H2,1H3. The van der Waals surface area contributed by atoms with E-state index >= 15 is 0 Å². The molecular formula is C22H25NO4S. The van der Waals surface area contributed by atoms with Crippen LogP contribution in [0.5, 0.6) is 5.75 Å². The van der Waals surface area contributed by atoms with E-state index < -0.39 is 6.04 Å². The summed E-state index contributed by atoms with van der Waals surface area (Å²) in [5.41, 5.74) is 0.990. The van der Waals surface area contributed by atoms with E-state index in [-0.39, 0.29) is 23.9 Å². The molecule has 0 bridgehead atoms. The molecule has 0 aromatic heterocycles. The lowest BCUT2D eigenvalue weighted by Gasteiger charge is -2.28. The number of hydrogen-bond acceptors (Lipinski definition) is 5. The molecule has 1 fully saturated rings.